The van der Waals surface area contributed by atoms with Crippen LogP contribution in [0.25, 0.3) is 0 Å². The van der Waals surface area contributed by atoms with E-state index in [0.717, 1.165) is 11.1 Å². The molecule has 2 aromatic rings. The van der Waals surface area contributed by atoms with Crippen molar-refractivity contribution in [3.63, 3.8) is 0 Å². The minimum absolute atomic E-state index is 0.136. The number of hydrogen-bond acceptors (Lipinski definition) is 5. The van der Waals surface area contributed by atoms with Crippen LogP contribution in [-0.2, 0) is 20.7 Å². The maximum absolute atomic E-state index is 11.9. The first kappa shape index (κ1) is 16.8. The Morgan fingerprint density at radius 3 is 2.52 bits per heavy atom. The highest BCUT2D eigenvalue weighted by molar-refractivity contribution is 5.93. The summed E-state index contributed by atoms with van der Waals surface area (Å²) in [5, 5.41) is 2.67. The highest BCUT2D eigenvalue weighted by Gasteiger charge is 2.13. The van der Waals surface area contributed by atoms with Gasteiger partial charge in [-0.15, -0.1) is 0 Å². The summed E-state index contributed by atoms with van der Waals surface area (Å²) < 4.78 is 15.9. The summed E-state index contributed by atoms with van der Waals surface area (Å²) in [6.07, 6.45) is 0.136. The van der Waals surface area contributed by atoms with Crippen LogP contribution in [0.2, 0.25) is 0 Å². The molecule has 3 rings (SSSR count). The van der Waals surface area contributed by atoms with Gasteiger partial charge in [0.15, 0.2) is 18.1 Å². The zero-order valence-electron chi connectivity index (χ0n) is 13.9. The van der Waals surface area contributed by atoms with Crippen molar-refractivity contribution in [2.75, 3.05) is 25.1 Å². The van der Waals surface area contributed by atoms with Gasteiger partial charge in [-0.05, 0) is 24.6 Å². The molecule has 0 bridgehead atoms. The second-order valence-electron chi connectivity index (χ2n) is 5.73. The third-order valence-corrected chi connectivity index (χ3v) is 3.66. The Kier molecular flexibility index (Phi) is 5.18. The van der Waals surface area contributed by atoms with Crippen molar-refractivity contribution in [2.45, 2.75) is 13.3 Å². The maximum atomic E-state index is 11.9. The van der Waals surface area contributed by atoms with Crippen molar-refractivity contribution in [2.24, 2.45) is 0 Å². The van der Waals surface area contributed by atoms with E-state index in [9.17, 15) is 9.59 Å². The fourth-order valence-electron chi connectivity index (χ4n) is 2.39. The fraction of sp³-hybridized carbons (Fsp3) is 0.263. The number of esters is 1. The molecule has 1 heterocycles. The van der Waals surface area contributed by atoms with E-state index in [1.807, 2.05) is 31.2 Å². The number of aryl methyl sites for hydroxylation is 1. The van der Waals surface area contributed by atoms with E-state index in [1.165, 1.54) is 0 Å². The fourth-order valence-corrected chi connectivity index (χ4v) is 2.39. The Morgan fingerprint density at radius 2 is 1.76 bits per heavy atom. The van der Waals surface area contributed by atoms with Crippen LogP contribution in [0, 0.1) is 6.92 Å². The summed E-state index contributed by atoms with van der Waals surface area (Å²) in [5.74, 6) is 0.379. The van der Waals surface area contributed by atoms with Gasteiger partial charge in [-0.25, -0.2) is 0 Å². The number of rotatable bonds is 5. The average Bonchev–Trinajstić information content (AvgIpc) is 2.62. The summed E-state index contributed by atoms with van der Waals surface area (Å²) in [6, 6.07) is 12.7. The lowest BCUT2D eigenvalue weighted by atomic mass is 10.1. The number of carbonyl (C=O) groups is 2. The zero-order chi connectivity index (χ0) is 17.6. The highest BCUT2D eigenvalue weighted by atomic mass is 16.6. The monoisotopic (exact) mass is 341 g/mol. The summed E-state index contributed by atoms with van der Waals surface area (Å²) >= 11 is 0. The normalized spacial score (nSPS) is 12.4. The van der Waals surface area contributed by atoms with Gasteiger partial charge in [0, 0.05) is 11.8 Å². The van der Waals surface area contributed by atoms with Gasteiger partial charge in [-0.2, -0.15) is 0 Å². The first-order chi connectivity index (χ1) is 12.1. The Hall–Kier alpha value is -3.02. The van der Waals surface area contributed by atoms with Gasteiger partial charge in [0.25, 0.3) is 5.91 Å². The summed E-state index contributed by atoms with van der Waals surface area (Å²) in [6.45, 7) is 2.63. The molecule has 0 spiro atoms. The number of benzene rings is 2. The standard InChI is InChI=1S/C19H19NO5/c1-13-2-4-14(5-3-13)10-19(22)25-12-18(21)20-15-6-7-16-17(11-15)24-9-8-23-16/h2-7,11H,8-10,12H2,1H3,(H,20,21). The summed E-state index contributed by atoms with van der Waals surface area (Å²) in [4.78, 5) is 23.7. The zero-order valence-corrected chi connectivity index (χ0v) is 13.9. The molecule has 0 fully saturated rings. The van der Waals surface area contributed by atoms with Crippen LogP contribution in [0.3, 0.4) is 0 Å². The van der Waals surface area contributed by atoms with Crippen molar-refractivity contribution in [1.82, 2.24) is 0 Å². The molecule has 1 aliphatic rings. The maximum Gasteiger partial charge on any atom is 0.310 e. The number of anilines is 1. The van der Waals surface area contributed by atoms with E-state index < -0.39 is 11.9 Å². The molecule has 1 aliphatic heterocycles. The SMILES string of the molecule is Cc1ccc(CC(=O)OCC(=O)Nc2ccc3c(c2)OCCO3)cc1. The number of nitrogens with one attached hydrogen (secondary N) is 1. The van der Waals surface area contributed by atoms with Crippen LogP contribution in [0.4, 0.5) is 5.69 Å². The lowest BCUT2D eigenvalue weighted by molar-refractivity contribution is -0.146. The number of carbonyl (C=O) groups excluding carboxylic acids is 2. The molecule has 0 aliphatic carbocycles. The van der Waals surface area contributed by atoms with Gasteiger partial charge < -0.3 is 19.5 Å². The van der Waals surface area contributed by atoms with E-state index in [4.69, 9.17) is 14.2 Å². The molecule has 0 aromatic heterocycles. The molecule has 1 amide bonds. The minimum Gasteiger partial charge on any atom is -0.486 e. The van der Waals surface area contributed by atoms with Crippen LogP contribution in [-0.4, -0.2) is 31.7 Å². The molecule has 25 heavy (non-hydrogen) atoms. The molecule has 0 saturated heterocycles. The second kappa shape index (κ2) is 7.70. The van der Waals surface area contributed by atoms with Gasteiger partial charge in [-0.1, -0.05) is 29.8 Å². The lowest BCUT2D eigenvalue weighted by Crippen LogP contribution is -2.22. The van der Waals surface area contributed by atoms with Crippen molar-refractivity contribution in [1.29, 1.82) is 0 Å². The third kappa shape index (κ3) is 4.73. The smallest absolute Gasteiger partial charge is 0.310 e. The second-order valence-corrected chi connectivity index (χ2v) is 5.73. The molecule has 0 unspecified atom stereocenters. The Labute approximate surface area is 145 Å². The largest absolute Gasteiger partial charge is 0.486 e. The number of fused-ring (bicyclic) bond motifs is 1. The average molecular weight is 341 g/mol. The molecule has 0 atom stereocenters. The first-order valence-corrected chi connectivity index (χ1v) is 8.01. The Morgan fingerprint density at radius 1 is 1.04 bits per heavy atom. The van der Waals surface area contributed by atoms with Gasteiger partial charge in [-0.3, -0.25) is 9.59 Å². The molecule has 130 valence electrons. The van der Waals surface area contributed by atoms with Gasteiger partial charge in [0.05, 0.1) is 6.42 Å². The number of hydrogen-bond donors (Lipinski definition) is 1. The third-order valence-electron chi connectivity index (χ3n) is 3.66. The van der Waals surface area contributed by atoms with Crippen molar-refractivity contribution in [3.8, 4) is 11.5 Å². The van der Waals surface area contributed by atoms with Gasteiger partial charge >= 0.3 is 5.97 Å². The molecule has 6 heteroatoms. The molecular formula is C19H19NO5. The topological polar surface area (TPSA) is 73.9 Å². The molecule has 0 radical (unpaired) electrons. The molecular weight excluding hydrogens is 322 g/mol. The highest BCUT2D eigenvalue weighted by Crippen LogP contribution is 2.32. The van der Waals surface area contributed by atoms with Gasteiger partial charge in [0.1, 0.15) is 13.2 Å². The number of ether oxygens (including phenoxy) is 3. The molecule has 0 saturated carbocycles. The van der Waals surface area contributed by atoms with Crippen molar-refractivity contribution >= 4 is 17.6 Å². The summed E-state index contributed by atoms with van der Waals surface area (Å²) in [5.41, 5.74) is 2.53. The van der Waals surface area contributed by atoms with Crippen LogP contribution in [0.15, 0.2) is 42.5 Å². The predicted molar refractivity (Wildman–Crippen MR) is 91.9 cm³/mol. The van der Waals surface area contributed by atoms with E-state index in [0.29, 0.717) is 30.4 Å². The lowest BCUT2D eigenvalue weighted by Gasteiger charge is -2.19. The minimum atomic E-state index is -0.443. The van der Waals surface area contributed by atoms with Gasteiger partial charge in [0.2, 0.25) is 0 Å². The van der Waals surface area contributed by atoms with Crippen LogP contribution < -0.4 is 14.8 Å². The quantitative estimate of drug-likeness (QED) is 0.846. The molecule has 6 nitrogen and oxygen atoms in total. The van der Waals surface area contributed by atoms with Crippen LogP contribution >= 0.6 is 0 Å². The van der Waals surface area contributed by atoms with E-state index in [-0.39, 0.29) is 13.0 Å². The predicted octanol–water partition coefficient (Wildman–Crippen LogP) is 2.49. The number of amides is 1. The Balaban J connectivity index is 1.47. The van der Waals surface area contributed by atoms with E-state index in [1.54, 1.807) is 18.2 Å². The van der Waals surface area contributed by atoms with E-state index in [2.05, 4.69) is 5.32 Å². The molecule has 2 aromatic carbocycles. The molecule has 1 N–H and O–H groups in total. The Bertz CT molecular complexity index is 770. The first-order valence-electron chi connectivity index (χ1n) is 8.01. The van der Waals surface area contributed by atoms with Crippen molar-refractivity contribution in [3.05, 3.63) is 53.6 Å². The summed E-state index contributed by atoms with van der Waals surface area (Å²) in [7, 11) is 0. The van der Waals surface area contributed by atoms with Crippen LogP contribution in [0.1, 0.15) is 11.1 Å². The van der Waals surface area contributed by atoms with Crippen molar-refractivity contribution < 1.29 is 23.8 Å². The van der Waals surface area contributed by atoms with E-state index >= 15 is 0 Å². The van der Waals surface area contributed by atoms with Crippen LogP contribution in [0.5, 0.6) is 11.5 Å².